The van der Waals surface area contributed by atoms with Gasteiger partial charge in [-0.2, -0.15) is 0 Å². The van der Waals surface area contributed by atoms with Crippen LogP contribution in [0.5, 0.6) is 0 Å². The van der Waals surface area contributed by atoms with Crippen LogP contribution >= 0.6 is 11.8 Å². The van der Waals surface area contributed by atoms with Crippen molar-refractivity contribution in [1.82, 2.24) is 0 Å². The van der Waals surface area contributed by atoms with Crippen molar-refractivity contribution in [2.75, 3.05) is 12.3 Å². The van der Waals surface area contributed by atoms with Crippen LogP contribution in [0.4, 0.5) is 0 Å². The molecule has 11 heavy (non-hydrogen) atoms. The van der Waals surface area contributed by atoms with Gasteiger partial charge in [-0.25, -0.2) is 0 Å². The lowest BCUT2D eigenvalue weighted by Crippen LogP contribution is -2.00. The van der Waals surface area contributed by atoms with Crippen molar-refractivity contribution in [1.29, 1.82) is 0 Å². The van der Waals surface area contributed by atoms with Crippen molar-refractivity contribution in [3.05, 3.63) is 29.8 Å². The fraction of sp³-hybridized carbons (Fsp3) is 0.333. The van der Waals surface area contributed by atoms with E-state index < -0.39 is 0 Å². The van der Waals surface area contributed by atoms with Crippen molar-refractivity contribution in [2.45, 2.75) is 11.8 Å². The second-order valence-corrected chi connectivity index (χ2v) is 3.62. The Morgan fingerprint density at radius 2 is 2.27 bits per heavy atom. The van der Waals surface area contributed by atoms with Crippen molar-refractivity contribution in [3.8, 4) is 0 Å². The Morgan fingerprint density at radius 3 is 2.91 bits per heavy atom. The van der Waals surface area contributed by atoms with Crippen molar-refractivity contribution in [2.24, 2.45) is 5.73 Å². The van der Waals surface area contributed by atoms with Crippen LogP contribution in [0.2, 0.25) is 0 Å². The first-order valence-corrected chi connectivity index (χ1v) is 4.71. The van der Waals surface area contributed by atoms with E-state index in [1.807, 2.05) is 11.8 Å². The van der Waals surface area contributed by atoms with E-state index in [-0.39, 0.29) is 0 Å². The summed E-state index contributed by atoms with van der Waals surface area (Å²) < 4.78 is 0. The largest absolute Gasteiger partial charge is 0.330 e. The third kappa shape index (κ3) is 2.95. The van der Waals surface area contributed by atoms with Gasteiger partial charge in [-0.15, -0.1) is 11.8 Å². The standard InChI is InChI=1S/C9H13NS/c1-8-3-2-4-9(7-8)11-6-5-10/h2-4,7H,5-6,10H2,1H3. The molecule has 0 aliphatic rings. The second kappa shape index (κ2) is 4.42. The maximum Gasteiger partial charge on any atom is 0.0103 e. The predicted octanol–water partition coefficient (Wildman–Crippen LogP) is 2.05. The number of nitrogens with two attached hydrogens (primary N) is 1. The number of thioether (sulfide) groups is 1. The zero-order chi connectivity index (χ0) is 8.10. The minimum Gasteiger partial charge on any atom is -0.330 e. The molecule has 0 heterocycles. The summed E-state index contributed by atoms with van der Waals surface area (Å²) in [5.74, 6) is 1.00. The Morgan fingerprint density at radius 1 is 1.45 bits per heavy atom. The summed E-state index contributed by atoms with van der Waals surface area (Å²) in [5.41, 5.74) is 6.71. The lowest BCUT2D eigenvalue weighted by atomic mass is 10.2. The molecule has 0 spiro atoms. The van der Waals surface area contributed by atoms with Crippen molar-refractivity contribution in [3.63, 3.8) is 0 Å². The van der Waals surface area contributed by atoms with Crippen LogP contribution < -0.4 is 5.73 Å². The van der Waals surface area contributed by atoms with E-state index in [1.54, 1.807) is 0 Å². The molecular formula is C9H13NS. The molecule has 0 saturated carbocycles. The van der Waals surface area contributed by atoms with E-state index >= 15 is 0 Å². The van der Waals surface area contributed by atoms with Crippen LogP contribution in [0.25, 0.3) is 0 Å². The minimum atomic E-state index is 0.749. The first kappa shape index (κ1) is 8.62. The lowest BCUT2D eigenvalue weighted by Gasteiger charge is -1.99. The molecule has 1 aromatic carbocycles. The zero-order valence-electron chi connectivity index (χ0n) is 6.71. The Hall–Kier alpha value is -0.470. The minimum absolute atomic E-state index is 0.749. The van der Waals surface area contributed by atoms with Gasteiger partial charge in [-0.05, 0) is 19.1 Å². The molecule has 0 aromatic heterocycles. The Labute approximate surface area is 72.0 Å². The van der Waals surface area contributed by atoms with Crippen molar-refractivity contribution >= 4 is 11.8 Å². The summed E-state index contributed by atoms with van der Waals surface area (Å²) >= 11 is 1.81. The molecule has 0 amide bonds. The van der Waals surface area contributed by atoms with E-state index in [1.165, 1.54) is 10.5 Å². The molecule has 1 aromatic rings. The highest BCUT2D eigenvalue weighted by Crippen LogP contribution is 2.17. The van der Waals surface area contributed by atoms with E-state index in [0.29, 0.717) is 0 Å². The molecule has 0 saturated heterocycles. The van der Waals surface area contributed by atoms with Gasteiger partial charge in [0.1, 0.15) is 0 Å². The maximum absolute atomic E-state index is 5.39. The van der Waals surface area contributed by atoms with E-state index in [2.05, 4.69) is 31.2 Å². The van der Waals surface area contributed by atoms with Gasteiger partial charge in [0, 0.05) is 17.2 Å². The molecule has 0 aliphatic heterocycles. The van der Waals surface area contributed by atoms with Gasteiger partial charge in [0.25, 0.3) is 0 Å². The molecular weight excluding hydrogens is 154 g/mol. The molecule has 2 heteroatoms. The van der Waals surface area contributed by atoms with Crippen LogP contribution in [0, 0.1) is 6.92 Å². The molecule has 1 rings (SSSR count). The smallest absolute Gasteiger partial charge is 0.0103 e. The zero-order valence-corrected chi connectivity index (χ0v) is 7.53. The van der Waals surface area contributed by atoms with Gasteiger partial charge in [0.2, 0.25) is 0 Å². The summed E-state index contributed by atoms with van der Waals surface area (Å²) in [6.45, 7) is 2.85. The quantitative estimate of drug-likeness (QED) is 0.697. The molecule has 0 radical (unpaired) electrons. The van der Waals surface area contributed by atoms with Crippen LogP contribution in [0.1, 0.15) is 5.56 Å². The monoisotopic (exact) mass is 167 g/mol. The number of aryl methyl sites for hydroxylation is 1. The first-order chi connectivity index (χ1) is 5.33. The summed E-state index contributed by atoms with van der Waals surface area (Å²) in [6, 6.07) is 8.48. The molecule has 0 bridgehead atoms. The Balaban J connectivity index is 2.56. The Kier molecular flexibility index (Phi) is 3.46. The van der Waals surface area contributed by atoms with E-state index in [0.717, 1.165) is 12.3 Å². The molecule has 0 unspecified atom stereocenters. The first-order valence-electron chi connectivity index (χ1n) is 3.72. The molecule has 0 aliphatic carbocycles. The summed E-state index contributed by atoms with van der Waals surface area (Å²) in [6.07, 6.45) is 0. The number of hydrogen-bond acceptors (Lipinski definition) is 2. The summed E-state index contributed by atoms with van der Waals surface area (Å²) in [5, 5.41) is 0. The van der Waals surface area contributed by atoms with Gasteiger partial charge in [0.15, 0.2) is 0 Å². The van der Waals surface area contributed by atoms with Crippen LogP contribution in [0.15, 0.2) is 29.2 Å². The number of rotatable bonds is 3. The highest BCUT2D eigenvalue weighted by Gasteiger charge is 1.91. The summed E-state index contributed by atoms with van der Waals surface area (Å²) in [4.78, 5) is 1.32. The Bertz CT molecular complexity index is 223. The maximum atomic E-state index is 5.39. The molecule has 1 nitrogen and oxygen atoms in total. The van der Waals surface area contributed by atoms with Gasteiger partial charge in [0.05, 0.1) is 0 Å². The predicted molar refractivity (Wildman–Crippen MR) is 51.0 cm³/mol. The fourth-order valence-electron chi connectivity index (χ4n) is 0.882. The topological polar surface area (TPSA) is 26.0 Å². The molecule has 2 N–H and O–H groups in total. The lowest BCUT2D eigenvalue weighted by molar-refractivity contribution is 1.15. The SMILES string of the molecule is Cc1cccc(SCCN)c1. The third-order valence-corrected chi connectivity index (χ3v) is 2.40. The van der Waals surface area contributed by atoms with Gasteiger partial charge >= 0.3 is 0 Å². The van der Waals surface area contributed by atoms with Gasteiger partial charge < -0.3 is 5.73 Å². The van der Waals surface area contributed by atoms with Crippen LogP contribution in [-0.2, 0) is 0 Å². The second-order valence-electron chi connectivity index (χ2n) is 2.45. The van der Waals surface area contributed by atoms with Gasteiger partial charge in [-0.1, -0.05) is 17.7 Å². The van der Waals surface area contributed by atoms with Crippen molar-refractivity contribution < 1.29 is 0 Å². The number of benzene rings is 1. The summed E-state index contributed by atoms with van der Waals surface area (Å²) in [7, 11) is 0. The van der Waals surface area contributed by atoms with Gasteiger partial charge in [-0.3, -0.25) is 0 Å². The highest BCUT2D eigenvalue weighted by atomic mass is 32.2. The number of hydrogen-bond donors (Lipinski definition) is 1. The van der Waals surface area contributed by atoms with E-state index in [9.17, 15) is 0 Å². The normalized spacial score (nSPS) is 10.0. The average molecular weight is 167 g/mol. The average Bonchev–Trinajstić information content (AvgIpc) is 2.01. The molecule has 0 atom stereocenters. The van der Waals surface area contributed by atoms with Crippen LogP contribution in [0.3, 0.4) is 0 Å². The molecule has 0 fully saturated rings. The van der Waals surface area contributed by atoms with E-state index in [4.69, 9.17) is 5.73 Å². The third-order valence-electron chi connectivity index (χ3n) is 1.38. The fourth-order valence-corrected chi connectivity index (χ4v) is 1.68. The highest BCUT2D eigenvalue weighted by molar-refractivity contribution is 7.99. The molecule has 60 valence electrons. The van der Waals surface area contributed by atoms with Crippen LogP contribution in [-0.4, -0.2) is 12.3 Å².